The van der Waals surface area contributed by atoms with Crippen molar-refractivity contribution in [2.45, 2.75) is 56.9 Å². The standard InChI is InChI=1S/C30H27F6N7O2/c31-29(32,33)22-14-23(30(34,35)36)16-24(15-22)37-28(45)43(25-12-10-20(11-13-25)19-4-2-1-3-5-19)17-18-6-8-21(9-7-18)26(44)38-27-39-41-42-40-27/h6-16,19H,1-5,17H2,(H,37,45)(H2,38,39,40,41,42,44). The third-order valence-corrected chi connectivity index (χ3v) is 7.49. The third kappa shape index (κ3) is 7.96. The predicted octanol–water partition coefficient (Wildman–Crippen LogP) is 7.78. The second-order valence-corrected chi connectivity index (χ2v) is 10.6. The molecule has 1 aliphatic carbocycles. The molecular formula is C30H27F6N7O2. The molecule has 0 saturated heterocycles. The van der Waals surface area contributed by atoms with Gasteiger partial charge in [-0.1, -0.05) is 48.6 Å². The maximum Gasteiger partial charge on any atom is 0.416 e. The minimum absolute atomic E-state index is 0.00615. The molecule has 1 saturated carbocycles. The molecule has 3 N–H and O–H groups in total. The Labute approximate surface area is 253 Å². The van der Waals surface area contributed by atoms with E-state index in [1.807, 2.05) is 12.1 Å². The van der Waals surface area contributed by atoms with Crippen LogP contribution < -0.4 is 15.5 Å². The van der Waals surface area contributed by atoms with E-state index in [-0.39, 0.29) is 24.1 Å². The van der Waals surface area contributed by atoms with Crippen molar-refractivity contribution in [1.29, 1.82) is 0 Å². The van der Waals surface area contributed by atoms with E-state index in [9.17, 15) is 35.9 Å². The van der Waals surface area contributed by atoms with Crippen molar-refractivity contribution < 1.29 is 35.9 Å². The van der Waals surface area contributed by atoms with Crippen molar-refractivity contribution in [2.24, 2.45) is 0 Å². The summed E-state index contributed by atoms with van der Waals surface area (Å²) in [4.78, 5) is 27.2. The number of urea groups is 1. The summed E-state index contributed by atoms with van der Waals surface area (Å²) in [6, 6.07) is 13.2. The average molecular weight is 632 g/mol. The Morgan fingerprint density at radius 1 is 0.822 bits per heavy atom. The molecule has 0 aliphatic heterocycles. The zero-order valence-corrected chi connectivity index (χ0v) is 23.5. The summed E-state index contributed by atoms with van der Waals surface area (Å²) in [7, 11) is 0. The van der Waals surface area contributed by atoms with Gasteiger partial charge in [0.1, 0.15) is 0 Å². The van der Waals surface area contributed by atoms with Crippen LogP contribution in [0.3, 0.4) is 0 Å². The summed E-state index contributed by atoms with van der Waals surface area (Å²) in [5.74, 6) is -0.195. The first-order chi connectivity index (χ1) is 21.4. The number of aromatic nitrogens is 4. The lowest BCUT2D eigenvalue weighted by atomic mass is 9.84. The van der Waals surface area contributed by atoms with E-state index in [0.29, 0.717) is 29.3 Å². The number of carbonyl (C=O) groups is 2. The average Bonchev–Trinajstić information content (AvgIpc) is 3.53. The lowest BCUT2D eigenvalue weighted by molar-refractivity contribution is -0.143. The summed E-state index contributed by atoms with van der Waals surface area (Å²) in [6.07, 6.45) is -4.69. The Morgan fingerprint density at radius 3 is 2.00 bits per heavy atom. The number of nitrogens with one attached hydrogen (secondary N) is 3. The molecule has 0 bridgehead atoms. The number of anilines is 3. The number of hydrogen-bond acceptors (Lipinski definition) is 5. The van der Waals surface area contributed by atoms with Gasteiger partial charge in [0.2, 0.25) is 0 Å². The van der Waals surface area contributed by atoms with Gasteiger partial charge in [-0.2, -0.15) is 31.6 Å². The van der Waals surface area contributed by atoms with Crippen molar-refractivity contribution in [2.75, 3.05) is 15.5 Å². The Bertz CT molecular complexity index is 1580. The number of aromatic amines is 1. The highest BCUT2D eigenvalue weighted by Crippen LogP contribution is 2.38. The molecule has 3 amide bonds. The smallest absolute Gasteiger partial charge is 0.308 e. The molecule has 1 heterocycles. The molecule has 0 radical (unpaired) electrons. The molecule has 1 aromatic heterocycles. The Hall–Kier alpha value is -4.95. The lowest BCUT2D eigenvalue weighted by Crippen LogP contribution is -2.34. The topological polar surface area (TPSA) is 116 Å². The van der Waals surface area contributed by atoms with Gasteiger partial charge >= 0.3 is 18.4 Å². The first kappa shape index (κ1) is 31.5. The molecule has 4 aromatic rings. The number of tetrazole rings is 1. The van der Waals surface area contributed by atoms with E-state index in [1.165, 1.54) is 23.5 Å². The van der Waals surface area contributed by atoms with Crippen LogP contribution in [-0.2, 0) is 18.9 Å². The largest absolute Gasteiger partial charge is 0.416 e. The van der Waals surface area contributed by atoms with Gasteiger partial charge in [0.15, 0.2) is 0 Å². The van der Waals surface area contributed by atoms with Gasteiger partial charge in [0.25, 0.3) is 11.9 Å². The summed E-state index contributed by atoms with van der Waals surface area (Å²) in [5.41, 5.74) is -1.55. The lowest BCUT2D eigenvalue weighted by Gasteiger charge is -2.26. The highest BCUT2D eigenvalue weighted by Gasteiger charge is 2.37. The fourth-order valence-corrected chi connectivity index (χ4v) is 5.19. The molecule has 0 spiro atoms. The van der Waals surface area contributed by atoms with Crippen molar-refractivity contribution in [3.8, 4) is 0 Å². The number of amides is 3. The van der Waals surface area contributed by atoms with E-state index in [2.05, 4.69) is 31.3 Å². The number of hydrogen-bond donors (Lipinski definition) is 3. The molecule has 0 unspecified atom stereocenters. The SMILES string of the molecule is O=C(Nc1nn[nH]n1)c1ccc(CN(C(=O)Nc2cc(C(F)(F)F)cc(C(F)(F)F)c2)c2ccc(C3CCCCC3)cc2)cc1. The Morgan fingerprint density at radius 2 is 1.44 bits per heavy atom. The van der Waals surface area contributed by atoms with Gasteiger partial charge in [-0.15, -0.1) is 5.10 Å². The number of halogens is 6. The van der Waals surface area contributed by atoms with Gasteiger partial charge in [-0.3, -0.25) is 15.0 Å². The molecular weight excluding hydrogens is 604 g/mol. The van der Waals surface area contributed by atoms with Crippen LogP contribution in [0, 0.1) is 0 Å². The molecule has 9 nitrogen and oxygen atoms in total. The quantitative estimate of drug-likeness (QED) is 0.180. The van der Waals surface area contributed by atoms with Gasteiger partial charge < -0.3 is 5.32 Å². The maximum absolute atomic E-state index is 13.5. The second kappa shape index (κ2) is 13.0. The number of rotatable bonds is 7. The van der Waals surface area contributed by atoms with Crippen molar-refractivity contribution >= 4 is 29.3 Å². The zero-order valence-electron chi connectivity index (χ0n) is 23.5. The summed E-state index contributed by atoms with van der Waals surface area (Å²) >= 11 is 0. The number of carbonyl (C=O) groups excluding carboxylic acids is 2. The predicted molar refractivity (Wildman–Crippen MR) is 152 cm³/mol. The van der Waals surface area contributed by atoms with Crippen LogP contribution >= 0.6 is 0 Å². The highest BCUT2D eigenvalue weighted by atomic mass is 19.4. The molecule has 45 heavy (non-hydrogen) atoms. The maximum atomic E-state index is 13.5. The van der Waals surface area contributed by atoms with Crippen molar-refractivity contribution in [1.82, 2.24) is 20.6 Å². The molecule has 5 rings (SSSR count). The third-order valence-electron chi connectivity index (χ3n) is 7.49. The fourth-order valence-electron chi connectivity index (χ4n) is 5.19. The molecule has 3 aromatic carbocycles. The summed E-state index contributed by atoms with van der Waals surface area (Å²) < 4.78 is 80.6. The molecule has 1 aliphatic rings. The fraction of sp³-hybridized carbons (Fsp3) is 0.300. The van der Waals surface area contributed by atoms with E-state index >= 15 is 0 Å². The minimum Gasteiger partial charge on any atom is -0.308 e. The van der Waals surface area contributed by atoms with Crippen molar-refractivity contribution in [3.63, 3.8) is 0 Å². The van der Waals surface area contributed by atoms with Crippen LogP contribution in [0.1, 0.15) is 70.6 Å². The van der Waals surface area contributed by atoms with Crippen LogP contribution in [0.4, 0.5) is 48.5 Å². The first-order valence-electron chi connectivity index (χ1n) is 14.0. The summed E-state index contributed by atoms with van der Waals surface area (Å²) in [5, 5.41) is 17.5. The van der Waals surface area contributed by atoms with Crippen LogP contribution in [0.5, 0.6) is 0 Å². The monoisotopic (exact) mass is 631 g/mol. The van der Waals surface area contributed by atoms with E-state index in [1.54, 1.807) is 24.3 Å². The first-order valence-corrected chi connectivity index (χ1v) is 14.0. The van der Waals surface area contributed by atoms with Crippen molar-refractivity contribution in [3.05, 3.63) is 94.5 Å². The second-order valence-electron chi connectivity index (χ2n) is 10.6. The Balaban J connectivity index is 1.42. The van der Waals surface area contributed by atoms with Crippen LogP contribution in [0.2, 0.25) is 0 Å². The van der Waals surface area contributed by atoms with Crippen LogP contribution in [0.25, 0.3) is 0 Å². The van der Waals surface area contributed by atoms with E-state index in [4.69, 9.17) is 0 Å². The van der Waals surface area contributed by atoms with Gasteiger partial charge in [-0.25, -0.2) is 4.79 Å². The number of H-pyrrole nitrogens is 1. The number of alkyl halides is 6. The molecule has 236 valence electrons. The Kier molecular flexibility index (Phi) is 9.06. The number of nitrogens with zero attached hydrogens (tertiary/aromatic N) is 4. The van der Waals surface area contributed by atoms with Gasteiger partial charge in [0.05, 0.1) is 17.7 Å². The highest BCUT2D eigenvalue weighted by molar-refractivity contribution is 6.03. The zero-order chi connectivity index (χ0) is 32.2. The van der Waals surface area contributed by atoms with Gasteiger partial charge in [-0.05, 0) is 77.6 Å². The molecule has 0 atom stereocenters. The minimum atomic E-state index is -5.08. The number of benzene rings is 3. The van der Waals surface area contributed by atoms with E-state index < -0.39 is 41.1 Å². The van der Waals surface area contributed by atoms with Gasteiger partial charge in [0, 0.05) is 16.9 Å². The van der Waals surface area contributed by atoms with Crippen LogP contribution in [-0.4, -0.2) is 32.6 Å². The molecule has 15 heteroatoms. The normalized spacial score (nSPS) is 14.2. The van der Waals surface area contributed by atoms with E-state index in [0.717, 1.165) is 31.2 Å². The summed E-state index contributed by atoms with van der Waals surface area (Å²) in [6.45, 7) is -0.119. The van der Waals surface area contributed by atoms with Crippen LogP contribution in [0.15, 0.2) is 66.7 Å². The molecule has 1 fully saturated rings.